The lowest BCUT2D eigenvalue weighted by Crippen LogP contribution is -2.40. The summed E-state index contributed by atoms with van der Waals surface area (Å²) in [5, 5.41) is 13.2. The highest BCUT2D eigenvalue weighted by molar-refractivity contribution is 4.76. The maximum atomic E-state index is 9.78. The molecule has 1 fully saturated rings. The highest BCUT2D eigenvalue weighted by Crippen LogP contribution is 2.18. The zero-order valence-corrected chi connectivity index (χ0v) is 10.9. The molecule has 0 spiro atoms. The molecule has 0 radical (unpaired) electrons. The normalized spacial score (nSPS) is 22.3. The number of nitrogens with one attached hydrogen (secondary N) is 1. The molecule has 1 rings (SSSR count). The molecule has 2 atom stereocenters. The lowest BCUT2D eigenvalue weighted by molar-refractivity contribution is 0.0530. The van der Waals surface area contributed by atoms with Crippen LogP contribution in [-0.4, -0.2) is 37.0 Å². The molecule has 2 N–H and O–H groups in total. The average Bonchev–Trinajstić information content (AvgIpc) is 2.26. The maximum Gasteiger partial charge on any atom is 0.0667 e. The third-order valence-electron chi connectivity index (χ3n) is 3.39. The first kappa shape index (κ1) is 13.9. The highest BCUT2D eigenvalue weighted by Gasteiger charge is 2.20. The van der Waals surface area contributed by atoms with Crippen molar-refractivity contribution in [3.63, 3.8) is 0 Å². The van der Waals surface area contributed by atoms with Crippen LogP contribution in [0.2, 0.25) is 0 Å². The van der Waals surface area contributed by atoms with Crippen LogP contribution in [0.15, 0.2) is 0 Å². The van der Waals surface area contributed by atoms with Gasteiger partial charge in [0.2, 0.25) is 0 Å². The Bertz CT molecular complexity index is 179. The molecule has 1 heterocycles. The van der Waals surface area contributed by atoms with E-state index in [1.54, 1.807) is 0 Å². The van der Waals surface area contributed by atoms with Crippen LogP contribution in [0.25, 0.3) is 0 Å². The van der Waals surface area contributed by atoms with E-state index in [4.69, 9.17) is 4.74 Å². The van der Waals surface area contributed by atoms with E-state index in [1.807, 2.05) is 0 Å². The van der Waals surface area contributed by atoms with Crippen LogP contribution in [0.4, 0.5) is 0 Å². The molecule has 16 heavy (non-hydrogen) atoms. The predicted molar refractivity (Wildman–Crippen MR) is 66.5 cm³/mol. The van der Waals surface area contributed by atoms with Crippen molar-refractivity contribution in [2.24, 2.45) is 11.8 Å². The second-order valence-corrected chi connectivity index (χ2v) is 5.43. The van der Waals surface area contributed by atoms with Gasteiger partial charge in [-0.15, -0.1) is 0 Å². The minimum absolute atomic E-state index is 0.206. The van der Waals surface area contributed by atoms with Crippen molar-refractivity contribution < 1.29 is 9.84 Å². The van der Waals surface area contributed by atoms with E-state index in [0.29, 0.717) is 17.9 Å². The fourth-order valence-corrected chi connectivity index (χ4v) is 2.33. The smallest absolute Gasteiger partial charge is 0.0667 e. The molecule has 2 unspecified atom stereocenters. The van der Waals surface area contributed by atoms with E-state index >= 15 is 0 Å². The Hall–Kier alpha value is -0.120. The highest BCUT2D eigenvalue weighted by atomic mass is 16.5. The van der Waals surface area contributed by atoms with Crippen molar-refractivity contribution in [3.8, 4) is 0 Å². The summed E-state index contributed by atoms with van der Waals surface area (Å²) in [5.74, 6) is 1.27. The molecule has 96 valence electrons. The largest absolute Gasteiger partial charge is 0.392 e. The van der Waals surface area contributed by atoms with Crippen molar-refractivity contribution >= 4 is 0 Å². The first-order chi connectivity index (χ1) is 7.59. The molecule has 0 aromatic carbocycles. The van der Waals surface area contributed by atoms with Crippen molar-refractivity contribution in [2.45, 2.75) is 52.2 Å². The van der Waals surface area contributed by atoms with E-state index in [9.17, 15) is 5.11 Å². The summed E-state index contributed by atoms with van der Waals surface area (Å²) in [4.78, 5) is 0. The van der Waals surface area contributed by atoms with Crippen LogP contribution in [0, 0.1) is 11.8 Å². The zero-order chi connectivity index (χ0) is 12.0. The maximum absolute atomic E-state index is 9.78. The lowest BCUT2D eigenvalue weighted by atomic mass is 9.92. The average molecular weight is 229 g/mol. The molecular weight excluding hydrogens is 202 g/mol. The van der Waals surface area contributed by atoms with Crippen molar-refractivity contribution in [3.05, 3.63) is 0 Å². The van der Waals surface area contributed by atoms with Gasteiger partial charge in [-0.2, -0.15) is 0 Å². The first-order valence-corrected chi connectivity index (χ1v) is 6.58. The van der Waals surface area contributed by atoms with Crippen molar-refractivity contribution in [1.82, 2.24) is 5.32 Å². The number of hydrogen-bond donors (Lipinski definition) is 2. The van der Waals surface area contributed by atoms with Crippen LogP contribution in [0.1, 0.15) is 40.0 Å². The summed E-state index contributed by atoms with van der Waals surface area (Å²) in [6.45, 7) is 9.02. The molecule has 1 aliphatic rings. The summed E-state index contributed by atoms with van der Waals surface area (Å²) in [5.41, 5.74) is 0. The molecule has 0 bridgehead atoms. The molecule has 0 aromatic heterocycles. The molecule has 0 saturated carbocycles. The Morgan fingerprint density at radius 2 is 1.88 bits per heavy atom. The second kappa shape index (κ2) is 7.25. The molecule has 0 aromatic rings. The molecule has 3 heteroatoms. The minimum atomic E-state index is -0.206. The summed E-state index contributed by atoms with van der Waals surface area (Å²) in [7, 11) is 0. The molecule has 0 amide bonds. The van der Waals surface area contributed by atoms with Gasteiger partial charge < -0.3 is 15.2 Å². The Labute approximate surface area is 99.6 Å². The van der Waals surface area contributed by atoms with Crippen LogP contribution in [0.5, 0.6) is 0 Å². The van der Waals surface area contributed by atoms with E-state index in [-0.39, 0.29) is 6.10 Å². The van der Waals surface area contributed by atoms with Crippen LogP contribution in [-0.2, 0) is 4.74 Å². The number of hydrogen-bond acceptors (Lipinski definition) is 3. The minimum Gasteiger partial charge on any atom is -0.392 e. The summed E-state index contributed by atoms with van der Waals surface area (Å²) in [6.07, 6.45) is 2.97. The molecule has 1 aliphatic heterocycles. The van der Waals surface area contributed by atoms with Gasteiger partial charge in [0, 0.05) is 25.8 Å². The molecule has 3 nitrogen and oxygen atoms in total. The van der Waals surface area contributed by atoms with Gasteiger partial charge in [-0.3, -0.25) is 0 Å². The standard InChI is InChI=1S/C13H27NO2/c1-10(2)8-13(15)9-14-11(3)12-4-6-16-7-5-12/h10-15H,4-9H2,1-3H3. The number of ether oxygens (including phenoxy) is 1. The van der Waals surface area contributed by atoms with E-state index in [1.165, 1.54) is 0 Å². The molecule has 0 aliphatic carbocycles. The van der Waals surface area contributed by atoms with Gasteiger partial charge in [-0.25, -0.2) is 0 Å². The van der Waals surface area contributed by atoms with Gasteiger partial charge in [-0.1, -0.05) is 13.8 Å². The van der Waals surface area contributed by atoms with E-state index in [0.717, 1.165) is 39.0 Å². The van der Waals surface area contributed by atoms with Crippen LogP contribution < -0.4 is 5.32 Å². The third kappa shape index (κ3) is 5.28. The summed E-state index contributed by atoms with van der Waals surface area (Å²) >= 11 is 0. The number of rotatable bonds is 6. The molecule has 1 saturated heterocycles. The third-order valence-corrected chi connectivity index (χ3v) is 3.39. The van der Waals surface area contributed by atoms with Crippen LogP contribution >= 0.6 is 0 Å². The van der Waals surface area contributed by atoms with Gasteiger partial charge in [0.25, 0.3) is 0 Å². The van der Waals surface area contributed by atoms with Crippen molar-refractivity contribution in [1.29, 1.82) is 0 Å². The fourth-order valence-electron chi connectivity index (χ4n) is 2.33. The number of aliphatic hydroxyl groups is 1. The van der Waals surface area contributed by atoms with Gasteiger partial charge >= 0.3 is 0 Å². The second-order valence-electron chi connectivity index (χ2n) is 5.43. The van der Waals surface area contributed by atoms with Crippen molar-refractivity contribution in [2.75, 3.05) is 19.8 Å². The first-order valence-electron chi connectivity index (χ1n) is 6.58. The lowest BCUT2D eigenvalue weighted by Gasteiger charge is -2.29. The predicted octanol–water partition coefficient (Wildman–Crippen LogP) is 1.80. The monoisotopic (exact) mass is 229 g/mol. The summed E-state index contributed by atoms with van der Waals surface area (Å²) < 4.78 is 5.35. The van der Waals surface area contributed by atoms with E-state index in [2.05, 4.69) is 26.1 Å². The van der Waals surface area contributed by atoms with Gasteiger partial charge in [-0.05, 0) is 38.0 Å². The Balaban J connectivity index is 2.15. The zero-order valence-electron chi connectivity index (χ0n) is 10.9. The quantitative estimate of drug-likeness (QED) is 0.730. The Kier molecular flexibility index (Phi) is 6.32. The molecular formula is C13H27NO2. The fraction of sp³-hybridized carbons (Fsp3) is 1.00. The topological polar surface area (TPSA) is 41.5 Å². The van der Waals surface area contributed by atoms with E-state index < -0.39 is 0 Å². The van der Waals surface area contributed by atoms with Crippen LogP contribution in [0.3, 0.4) is 0 Å². The Morgan fingerprint density at radius 3 is 2.44 bits per heavy atom. The Morgan fingerprint density at radius 1 is 1.25 bits per heavy atom. The van der Waals surface area contributed by atoms with Gasteiger partial charge in [0.1, 0.15) is 0 Å². The van der Waals surface area contributed by atoms with Gasteiger partial charge in [0.05, 0.1) is 6.10 Å². The SMILES string of the molecule is CC(C)CC(O)CNC(C)C1CCOCC1. The summed E-state index contributed by atoms with van der Waals surface area (Å²) in [6, 6.07) is 0.491. The van der Waals surface area contributed by atoms with Gasteiger partial charge in [0.15, 0.2) is 0 Å². The number of aliphatic hydroxyl groups excluding tert-OH is 1.